The third-order valence-electron chi connectivity index (χ3n) is 5.53. The van der Waals surface area contributed by atoms with E-state index >= 15 is 0 Å². The molecule has 31 heavy (non-hydrogen) atoms. The molecule has 5 aromatic rings. The summed E-state index contributed by atoms with van der Waals surface area (Å²) in [7, 11) is 0. The SMILES string of the molecule is [CH3][Ge]([CH3])([CH3])[c]1ccc(-c2cc(-c3ccccc3)c3nc(-c4ccccc4)oc3c2)nc1. The summed E-state index contributed by atoms with van der Waals surface area (Å²) in [6.45, 7) is 0. The van der Waals surface area contributed by atoms with E-state index in [-0.39, 0.29) is 0 Å². The molecule has 0 aliphatic heterocycles. The molecule has 0 amide bonds. The Morgan fingerprint density at radius 2 is 1.39 bits per heavy atom. The predicted octanol–water partition coefficient (Wildman–Crippen LogP) is 6.77. The average molecular weight is 465 g/mol. The van der Waals surface area contributed by atoms with Crippen molar-refractivity contribution in [1.82, 2.24) is 9.97 Å². The molecule has 2 aromatic heterocycles. The van der Waals surface area contributed by atoms with Gasteiger partial charge in [0.05, 0.1) is 0 Å². The number of pyridine rings is 1. The number of hydrogen-bond donors (Lipinski definition) is 0. The monoisotopic (exact) mass is 466 g/mol. The fourth-order valence-corrected chi connectivity index (χ4v) is 5.90. The molecule has 0 atom stereocenters. The number of fused-ring (bicyclic) bond motifs is 1. The van der Waals surface area contributed by atoms with E-state index in [1.165, 1.54) is 4.40 Å². The third-order valence-corrected chi connectivity index (χ3v) is 9.78. The maximum absolute atomic E-state index is 6.23. The Hall–Kier alpha value is -3.18. The van der Waals surface area contributed by atoms with Gasteiger partial charge in [0.15, 0.2) is 0 Å². The van der Waals surface area contributed by atoms with Crippen LogP contribution in [-0.4, -0.2) is 23.2 Å². The molecule has 0 saturated heterocycles. The summed E-state index contributed by atoms with van der Waals surface area (Å²) in [6, 6.07) is 29.0. The molecule has 3 nitrogen and oxygen atoms in total. The van der Waals surface area contributed by atoms with Gasteiger partial charge in [-0.2, -0.15) is 0 Å². The number of aromatic nitrogens is 2. The number of nitrogens with zero attached hydrogens (tertiary/aromatic N) is 2. The van der Waals surface area contributed by atoms with Crippen LogP contribution in [0.5, 0.6) is 0 Å². The van der Waals surface area contributed by atoms with Crippen molar-refractivity contribution in [3.05, 3.63) is 91.1 Å². The van der Waals surface area contributed by atoms with Gasteiger partial charge < -0.3 is 0 Å². The molecule has 0 N–H and O–H groups in total. The molecule has 0 spiro atoms. The molecule has 0 aliphatic rings. The van der Waals surface area contributed by atoms with Crippen molar-refractivity contribution >= 4 is 28.8 Å². The molecular weight excluding hydrogens is 441 g/mol. The van der Waals surface area contributed by atoms with Gasteiger partial charge in [0.2, 0.25) is 0 Å². The summed E-state index contributed by atoms with van der Waals surface area (Å²) >= 11 is -1.90. The molecule has 0 unspecified atom stereocenters. The van der Waals surface area contributed by atoms with Crippen molar-refractivity contribution in [2.24, 2.45) is 0 Å². The van der Waals surface area contributed by atoms with Crippen LogP contribution in [0.1, 0.15) is 0 Å². The third kappa shape index (κ3) is 3.93. The summed E-state index contributed by atoms with van der Waals surface area (Å²) in [5, 5.41) is 0. The standard InChI is InChI=1S/C27H24GeN2O/c1-28(2,3)22-14-15-24(29-18-22)21-16-23(19-10-6-4-7-11-19)26-25(17-21)31-27(30-26)20-12-8-5-9-13-20/h4-18H,1-3H3. The first-order valence-electron chi connectivity index (χ1n) is 10.5. The first-order valence-corrected chi connectivity index (χ1v) is 17.9. The molecule has 152 valence electrons. The number of hydrogen-bond acceptors (Lipinski definition) is 3. The van der Waals surface area contributed by atoms with Gasteiger partial charge in [0.1, 0.15) is 0 Å². The van der Waals surface area contributed by atoms with Gasteiger partial charge in [-0.3, -0.25) is 0 Å². The Kier molecular flexibility index (Phi) is 4.99. The second-order valence-electron chi connectivity index (χ2n) is 8.80. The second-order valence-corrected chi connectivity index (χ2v) is 19.5. The van der Waals surface area contributed by atoms with Gasteiger partial charge in [-0.15, -0.1) is 0 Å². The molecule has 0 saturated carbocycles. The van der Waals surface area contributed by atoms with E-state index in [9.17, 15) is 0 Å². The van der Waals surface area contributed by atoms with E-state index in [0.717, 1.165) is 39.0 Å². The fraction of sp³-hybridized carbons (Fsp3) is 0.111. The van der Waals surface area contributed by atoms with Crippen molar-refractivity contribution in [1.29, 1.82) is 0 Å². The summed E-state index contributed by atoms with van der Waals surface area (Å²) in [5.41, 5.74) is 6.77. The quantitative estimate of drug-likeness (QED) is 0.275. The Morgan fingerprint density at radius 1 is 0.710 bits per heavy atom. The van der Waals surface area contributed by atoms with Crippen LogP contribution in [0.2, 0.25) is 17.3 Å². The first kappa shape index (κ1) is 19.8. The topological polar surface area (TPSA) is 38.9 Å². The van der Waals surface area contributed by atoms with E-state index in [4.69, 9.17) is 14.4 Å². The molecule has 2 heterocycles. The van der Waals surface area contributed by atoms with Gasteiger partial charge in [0.25, 0.3) is 0 Å². The van der Waals surface area contributed by atoms with Crippen LogP contribution in [0.15, 0.2) is 95.5 Å². The second kappa shape index (κ2) is 7.82. The molecule has 0 radical (unpaired) electrons. The van der Waals surface area contributed by atoms with Crippen molar-refractivity contribution in [3.63, 3.8) is 0 Å². The Labute approximate surface area is 185 Å². The maximum atomic E-state index is 6.23. The minimum absolute atomic E-state index is 0.633. The van der Waals surface area contributed by atoms with Gasteiger partial charge in [0, 0.05) is 0 Å². The number of rotatable bonds is 4. The molecule has 0 bridgehead atoms. The van der Waals surface area contributed by atoms with Crippen LogP contribution >= 0.6 is 0 Å². The normalized spacial score (nSPS) is 11.7. The van der Waals surface area contributed by atoms with Crippen LogP contribution in [0.3, 0.4) is 0 Å². The molecule has 4 heteroatoms. The van der Waals surface area contributed by atoms with E-state index in [2.05, 4.69) is 72.0 Å². The number of benzene rings is 3. The van der Waals surface area contributed by atoms with Crippen molar-refractivity contribution < 1.29 is 4.42 Å². The van der Waals surface area contributed by atoms with E-state index in [0.29, 0.717) is 5.89 Å². The molecular formula is C27H24GeN2O. The minimum atomic E-state index is -1.90. The van der Waals surface area contributed by atoms with Crippen molar-refractivity contribution in [2.45, 2.75) is 17.3 Å². The summed E-state index contributed by atoms with van der Waals surface area (Å²) < 4.78 is 7.63. The Morgan fingerprint density at radius 3 is 2.00 bits per heavy atom. The van der Waals surface area contributed by atoms with Gasteiger partial charge in [-0.1, -0.05) is 6.07 Å². The molecule has 0 fully saturated rings. The van der Waals surface area contributed by atoms with Crippen LogP contribution in [0.4, 0.5) is 0 Å². The van der Waals surface area contributed by atoms with Gasteiger partial charge >= 0.3 is 179 Å². The molecule has 0 aliphatic carbocycles. The van der Waals surface area contributed by atoms with Gasteiger partial charge in [-0.05, 0) is 0 Å². The summed E-state index contributed by atoms with van der Waals surface area (Å²) in [5.74, 6) is 7.79. The van der Waals surface area contributed by atoms with E-state index in [1.807, 2.05) is 36.4 Å². The summed E-state index contributed by atoms with van der Waals surface area (Å²) in [6.07, 6.45) is 2.05. The molecule has 3 aromatic carbocycles. The Bertz CT molecular complexity index is 1340. The van der Waals surface area contributed by atoms with Crippen LogP contribution < -0.4 is 4.40 Å². The van der Waals surface area contributed by atoms with Gasteiger partial charge in [-0.25, -0.2) is 0 Å². The predicted molar refractivity (Wildman–Crippen MR) is 131 cm³/mol. The average Bonchev–Trinajstić information content (AvgIpc) is 3.23. The van der Waals surface area contributed by atoms with E-state index < -0.39 is 13.3 Å². The van der Waals surface area contributed by atoms with Crippen LogP contribution in [0.25, 0.3) is 44.9 Å². The summed E-state index contributed by atoms with van der Waals surface area (Å²) in [4.78, 5) is 9.67. The Balaban J connectivity index is 1.69. The zero-order valence-corrected chi connectivity index (χ0v) is 20.1. The van der Waals surface area contributed by atoms with Crippen LogP contribution in [-0.2, 0) is 0 Å². The van der Waals surface area contributed by atoms with E-state index in [1.54, 1.807) is 0 Å². The zero-order chi connectivity index (χ0) is 21.4. The zero-order valence-electron chi connectivity index (χ0n) is 18.0. The number of oxazole rings is 1. The van der Waals surface area contributed by atoms with Crippen molar-refractivity contribution in [2.75, 3.05) is 0 Å². The fourth-order valence-electron chi connectivity index (χ4n) is 3.73. The molecule has 5 rings (SSSR count). The van der Waals surface area contributed by atoms with Crippen LogP contribution in [0, 0.1) is 0 Å². The van der Waals surface area contributed by atoms with Crippen molar-refractivity contribution in [3.8, 4) is 33.8 Å². The first-order chi connectivity index (χ1) is 15.0.